The van der Waals surface area contributed by atoms with Crippen molar-refractivity contribution in [2.75, 3.05) is 18.7 Å². The van der Waals surface area contributed by atoms with Gasteiger partial charge in [0.2, 0.25) is 5.91 Å². The number of rotatable bonds is 5. The lowest BCUT2D eigenvalue weighted by Crippen LogP contribution is -2.14. The number of amides is 1. The zero-order valence-corrected chi connectivity index (χ0v) is 13.2. The molecule has 5 nitrogen and oxygen atoms in total. The van der Waals surface area contributed by atoms with Gasteiger partial charge in [0, 0.05) is 11.9 Å². The molecule has 0 aliphatic rings. The molecule has 0 saturated carbocycles. The average molecular weight is 319 g/mol. The van der Waals surface area contributed by atoms with Crippen molar-refractivity contribution in [3.8, 4) is 5.75 Å². The summed E-state index contributed by atoms with van der Waals surface area (Å²) in [5.74, 6) is 0.515. The quantitative estimate of drug-likeness (QED) is 0.917. The van der Waals surface area contributed by atoms with Crippen LogP contribution < -0.4 is 10.1 Å². The van der Waals surface area contributed by atoms with E-state index in [0.717, 1.165) is 17.6 Å². The lowest BCUT2D eigenvalue weighted by Gasteiger charge is -2.07. The van der Waals surface area contributed by atoms with Gasteiger partial charge in [0.05, 0.1) is 18.4 Å². The Hall–Kier alpha value is -2.34. The molecule has 22 heavy (non-hydrogen) atoms. The first-order chi connectivity index (χ1) is 10.4. The molecule has 2 rings (SSSR count). The first-order valence-corrected chi connectivity index (χ1v) is 8.50. The maximum absolute atomic E-state index is 12.0. The van der Waals surface area contributed by atoms with E-state index in [1.54, 1.807) is 31.4 Å². The van der Waals surface area contributed by atoms with Crippen molar-refractivity contribution < 1.29 is 17.9 Å². The molecule has 0 atom stereocenters. The van der Waals surface area contributed by atoms with Gasteiger partial charge in [-0.25, -0.2) is 8.42 Å². The fraction of sp³-hybridized carbons (Fsp3) is 0.188. The van der Waals surface area contributed by atoms with E-state index in [2.05, 4.69) is 5.32 Å². The van der Waals surface area contributed by atoms with Crippen LogP contribution in [0, 0.1) is 0 Å². The van der Waals surface area contributed by atoms with Crippen LogP contribution in [0.3, 0.4) is 0 Å². The molecule has 0 aliphatic heterocycles. The van der Waals surface area contributed by atoms with Crippen molar-refractivity contribution >= 4 is 21.4 Å². The van der Waals surface area contributed by atoms with Crippen LogP contribution in [0.25, 0.3) is 0 Å². The molecule has 0 aliphatic carbocycles. The summed E-state index contributed by atoms with van der Waals surface area (Å²) in [6.45, 7) is 0. The third kappa shape index (κ3) is 4.33. The smallest absolute Gasteiger partial charge is 0.228 e. The lowest BCUT2D eigenvalue weighted by atomic mass is 10.1. The standard InChI is InChI=1S/C16H17NO4S/c1-21-14-8-6-12(7-9-14)10-16(18)17-13-4-3-5-15(11-13)22(2,19)20/h3-9,11H,10H2,1-2H3,(H,17,18). The maximum atomic E-state index is 12.0. The third-order valence-corrected chi connectivity index (χ3v) is 4.18. The summed E-state index contributed by atoms with van der Waals surface area (Å²) in [5.41, 5.74) is 1.30. The molecule has 116 valence electrons. The molecule has 0 saturated heterocycles. The van der Waals surface area contributed by atoms with Gasteiger partial charge in [-0.15, -0.1) is 0 Å². The number of methoxy groups -OCH3 is 1. The highest BCUT2D eigenvalue weighted by Gasteiger charge is 2.09. The van der Waals surface area contributed by atoms with Crippen LogP contribution in [0.15, 0.2) is 53.4 Å². The second kappa shape index (κ2) is 6.62. The largest absolute Gasteiger partial charge is 0.497 e. The molecule has 6 heteroatoms. The summed E-state index contributed by atoms with van der Waals surface area (Å²) in [6, 6.07) is 13.4. The third-order valence-electron chi connectivity index (χ3n) is 3.07. The monoisotopic (exact) mass is 319 g/mol. The Labute approximate surface area is 129 Å². The van der Waals surface area contributed by atoms with E-state index in [9.17, 15) is 13.2 Å². The molecular formula is C16H17NO4S. The molecule has 0 unspecified atom stereocenters. The van der Waals surface area contributed by atoms with Crippen molar-refractivity contribution in [2.45, 2.75) is 11.3 Å². The minimum atomic E-state index is -3.29. The summed E-state index contributed by atoms with van der Waals surface area (Å²) in [5, 5.41) is 2.70. The van der Waals surface area contributed by atoms with Gasteiger partial charge in [-0.3, -0.25) is 4.79 Å². The van der Waals surface area contributed by atoms with Gasteiger partial charge in [0.25, 0.3) is 0 Å². The summed E-state index contributed by atoms with van der Waals surface area (Å²) < 4.78 is 28.1. The Morgan fingerprint density at radius 2 is 1.82 bits per heavy atom. The van der Waals surface area contributed by atoms with Crippen LogP contribution in [0.2, 0.25) is 0 Å². The molecule has 0 bridgehead atoms. The zero-order chi connectivity index (χ0) is 16.2. The van der Waals surface area contributed by atoms with E-state index in [1.165, 1.54) is 12.1 Å². The predicted octanol–water partition coefficient (Wildman–Crippen LogP) is 2.28. The molecule has 0 heterocycles. The number of sulfone groups is 1. The van der Waals surface area contributed by atoms with Gasteiger partial charge in [0.1, 0.15) is 5.75 Å². The van der Waals surface area contributed by atoms with Crippen molar-refractivity contribution in [1.29, 1.82) is 0 Å². The fourth-order valence-corrected chi connectivity index (χ4v) is 2.61. The second-order valence-electron chi connectivity index (χ2n) is 4.87. The maximum Gasteiger partial charge on any atom is 0.228 e. The summed E-state index contributed by atoms with van der Waals surface area (Å²) in [7, 11) is -1.71. The molecule has 2 aromatic carbocycles. The number of nitrogens with one attached hydrogen (secondary N) is 1. The highest BCUT2D eigenvalue weighted by Crippen LogP contribution is 2.16. The number of anilines is 1. The van der Waals surface area contributed by atoms with Crippen LogP contribution in [0.4, 0.5) is 5.69 Å². The van der Waals surface area contributed by atoms with Gasteiger partial charge >= 0.3 is 0 Å². The van der Waals surface area contributed by atoms with E-state index in [4.69, 9.17) is 4.74 Å². The van der Waals surface area contributed by atoms with Gasteiger partial charge in [-0.05, 0) is 35.9 Å². The van der Waals surface area contributed by atoms with Crippen LogP contribution in [-0.2, 0) is 21.1 Å². The van der Waals surface area contributed by atoms with Crippen LogP contribution in [0.5, 0.6) is 5.75 Å². The highest BCUT2D eigenvalue weighted by atomic mass is 32.2. The molecule has 0 fully saturated rings. The van der Waals surface area contributed by atoms with Gasteiger partial charge in [-0.1, -0.05) is 18.2 Å². The number of benzene rings is 2. The van der Waals surface area contributed by atoms with Crippen LogP contribution >= 0.6 is 0 Å². The topological polar surface area (TPSA) is 72.5 Å². The first-order valence-electron chi connectivity index (χ1n) is 6.61. The molecule has 0 radical (unpaired) electrons. The van der Waals surface area contributed by atoms with Crippen LogP contribution in [-0.4, -0.2) is 27.7 Å². The van der Waals surface area contributed by atoms with E-state index in [-0.39, 0.29) is 17.2 Å². The summed E-state index contributed by atoms with van der Waals surface area (Å²) in [4.78, 5) is 12.2. The summed E-state index contributed by atoms with van der Waals surface area (Å²) in [6.07, 6.45) is 1.33. The van der Waals surface area contributed by atoms with Gasteiger partial charge in [-0.2, -0.15) is 0 Å². The van der Waals surface area contributed by atoms with Crippen molar-refractivity contribution in [3.05, 3.63) is 54.1 Å². The number of hydrogen-bond acceptors (Lipinski definition) is 4. The zero-order valence-electron chi connectivity index (χ0n) is 12.4. The molecule has 1 N–H and O–H groups in total. The SMILES string of the molecule is COc1ccc(CC(=O)Nc2cccc(S(C)(=O)=O)c2)cc1. The Morgan fingerprint density at radius 1 is 1.14 bits per heavy atom. The van der Waals surface area contributed by atoms with Crippen molar-refractivity contribution in [2.24, 2.45) is 0 Å². The van der Waals surface area contributed by atoms with Gasteiger partial charge < -0.3 is 10.1 Å². The Bertz CT molecular complexity index is 767. The fourth-order valence-electron chi connectivity index (χ4n) is 1.94. The van der Waals surface area contributed by atoms with E-state index < -0.39 is 9.84 Å². The predicted molar refractivity (Wildman–Crippen MR) is 84.9 cm³/mol. The van der Waals surface area contributed by atoms with Gasteiger partial charge in [0.15, 0.2) is 9.84 Å². The van der Waals surface area contributed by atoms with Crippen molar-refractivity contribution in [1.82, 2.24) is 0 Å². The normalized spacial score (nSPS) is 11.0. The molecule has 0 spiro atoms. The Kier molecular flexibility index (Phi) is 4.82. The number of hydrogen-bond donors (Lipinski definition) is 1. The first kappa shape index (κ1) is 16.0. The molecular weight excluding hydrogens is 302 g/mol. The van der Waals surface area contributed by atoms with E-state index >= 15 is 0 Å². The number of carbonyl (C=O) groups is 1. The molecule has 1 amide bonds. The van der Waals surface area contributed by atoms with Crippen molar-refractivity contribution in [3.63, 3.8) is 0 Å². The van der Waals surface area contributed by atoms with Crippen LogP contribution in [0.1, 0.15) is 5.56 Å². The number of carbonyl (C=O) groups excluding carboxylic acids is 1. The Morgan fingerprint density at radius 3 is 2.41 bits per heavy atom. The Balaban J connectivity index is 2.05. The lowest BCUT2D eigenvalue weighted by molar-refractivity contribution is -0.115. The minimum absolute atomic E-state index is 0.176. The average Bonchev–Trinajstić information content (AvgIpc) is 2.47. The molecule has 2 aromatic rings. The highest BCUT2D eigenvalue weighted by molar-refractivity contribution is 7.90. The second-order valence-corrected chi connectivity index (χ2v) is 6.89. The molecule has 0 aromatic heterocycles. The van der Waals surface area contributed by atoms with E-state index in [1.807, 2.05) is 12.1 Å². The minimum Gasteiger partial charge on any atom is -0.497 e. The number of ether oxygens (including phenoxy) is 1. The van der Waals surface area contributed by atoms with E-state index in [0.29, 0.717) is 5.69 Å². The summed E-state index contributed by atoms with van der Waals surface area (Å²) >= 11 is 0.